The molecule has 0 radical (unpaired) electrons. The molecule has 1 aromatic carbocycles. The van der Waals surface area contributed by atoms with Gasteiger partial charge in [-0.05, 0) is 45.7 Å². The average Bonchev–Trinajstić information content (AvgIpc) is 2.39. The van der Waals surface area contributed by atoms with E-state index in [1.54, 1.807) is 0 Å². The number of carbonyl (C=O) groups is 1. The fraction of sp³-hybridized carbons (Fsp3) is 0.562. The summed E-state index contributed by atoms with van der Waals surface area (Å²) >= 11 is 0. The maximum absolute atomic E-state index is 11.4. The van der Waals surface area contributed by atoms with E-state index in [0.717, 1.165) is 19.4 Å². The number of piperidine rings is 1. The molecule has 1 aliphatic rings. The molecule has 0 bridgehead atoms. The second kappa shape index (κ2) is 5.33. The van der Waals surface area contributed by atoms with E-state index < -0.39 is 11.4 Å². The molecule has 2 unspecified atom stereocenters. The summed E-state index contributed by atoms with van der Waals surface area (Å²) in [4.78, 5) is 13.7. The number of likely N-dealkylation sites (tertiary alicyclic amines) is 1. The van der Waals surface area contributed by atoms with Crippen molar-refractivity contribution in [3.8, 4) is 0 Å². The van der Waals surface area contributed by atoms with Crippen LogP contribution in [0.1, 0.15) is 43.9 Å². The lowest BCUT2D eigenvalue weighted by Gasteiger charge is -2.40. The van der Waals surface area contributed by atoms with Gasteiger partial charge in [0.1, 0.15) is 0 Å². The van der Waals surface area contributed by atoms with Crippen LogP contribution in [0.4, 0.5) is 0 Å². The third kappa shape index (κ3) is 2.98. The highest BCUT2D eigenvalue weighted by molar-refractivity contribution is 5.74. The molecule has 0 saturated carbocycles. The monoisotopic (exact) mass is 261 g/mol. The smallest absolute Gasteiger partial charge is 0.310 e. The number of carboxylic acid groups (broad SMARTS) is 1. The molecule has 0 aromatic heterocycles. The summed E-state index contributed by atoms with van der Waals surface area (Å²) in [5, 5.41) is 9.38. The van der Waals surface area contributed by atoms with Gasteiger partial charge in [-0.15, -0.1) is 0 Å². The summed E-state index contributed by atoms with van der Waals surface area (Å²) in [6.45, 7) is 7.73. The average molecular weight is 261 g/mol. The van der Waals surface area contributed by atoms with Gasteiger partial charge in [-0.25, -0.2) is 0 Å². The van der Waals surface area contributed by atoms with Gasteiger partial charge in [-0.3, -0.25) is 9.69 Å². The van der Waals surface area contributed by atoms with Gasteiger partial charge in [0, 0.05) is 12.6 Å². The Hall–Kier alpha value is -1.35. The number of benzene rings is 1. The molecule has 1 aromatic rings. The van der Waals surface area contributed by atoms with E-state index in [2.05, 4.69) is 43.0 Å². The zero-order valence-corrected chi connectivity index (χ0v) is 12.0. The predicted octanol–water partition coefficient (Wildman–Crippen LogP) is 3.24. The van der Waals surface area contributed by atoms with E-state index in [0.29, 0.717) is 6.54 Å². The van der Waals surface area contributed by atoms with Crippen molar-refractivity contribution in [2.24, 2.45) is 5.41 Å². The highest BCUT2D eigenvalue weighted by Crippen LogP contribution is 2.34. The summed E-state index contributed by atoms with van der Waals surface area (Å²) in [6.07, 6.45) is 1.73. The van der Waals surface area contributed by atoms with Crippen LogP contribution in [0.5, 0.6) is 0 Å². The van der Waals surface area contributed by atoms with E-state index in [-0.39, 0.29) is 6.04 Å². The maximum atomic E-state index is 11.4. The summed E-state index contributed by atoms with van der Waals surface area (Å²) < 4.78 is 0. The molecule has 0 spiro atoms. The minimum atomic E-state index is -0.673. The molecule has 2 rings (SSSR count). The zero-order chi connectivity index (χ0) is 14.0. The minimum absolute atomic E-state index is 0.277. The van der Waals surface area contributed by atoms with Gasteiger partial charge in [0.05, 0.1) is 5.41 Å². The number of hydrogen-bond donors (Lipinski definition) is 1. The van der Waals surface area contributed by atoms with E-state index >= 15 is 0 Å². The van der Waals surface area contributed by atoms with Gasteiger partial charge >= 0.3 is 5.97 Å². The van der Waals surface area contributed by atoms with Gasteiger partial charge < -0.3 is 5.11 Å². The van der Waals surface area contributed by atoms with E-state index in [1.165, 1.54) is 11.1 Å². The quantitative estimate of drug-likeness (QED) is 0.908. The molecule has 104 valence electrons. The van der Waals surface area contributed by atoms with Crippen molar-refractivity contribution in [3.05, 3.63) is 35.4 Å². The van der Waals surface area contributed by atoms with Gasteiger partial charge in [0.25, 0.3) is 0 Å². The summed E-state index contributed by atoms with van der Waals surface area (Å²) in [5.74, 6) is -0.673. The SMILES string of the molecule is Cc1ccc(C(C)N2CCCC(C)(C(=O)O)C2)cc1. The topological polar surface area (TPSA) is 40.5 Å². The largest absolute Gasteiger partial charge is 0.481 e. The Morgan fingerprint density at radius 1 is 1.37 bits per heavy atom. The summed E-state index contributed by atoms with van der Waals surface area (Å²) in [5.41, 5.74) is 1.92. The Bertz CT molecular complexity index is 454. The second-order valence-corrected chi connectivity index (χ2v) is 6.03. The third-order valence-electron chi connectivity index (χ3n) is 4.35. The Kier molecular flexibility index (Phi) is 3.95. The maximum Gasteiger partial charge on any atom is 0.310 e. The number of carboxylic acids is 1. The minimum Gasteiger partial charge on any atom is -0.481 e. The van der Waals surface area contributed by atoms with Crippen LogP contribution in [0, 0.1) is 12.3 Å². The van der Waals surface area contributed by atoms with Crippen LogP contribution in [0.3, 0.4) is 0 Å². The van der Waals surface area contributed by atoms with Crippen LogP contribution < -0.4 is 0 Å². The van der Waals surface area contributed by atoms with Crippen LogP contribution in [-0.4, -0.2) is 29.1 Å². The molecular formula is C16H23NO2. The number of nitrogens with zero attached hydrogens (tertiary/aromatic N) is 1. The first kappa shape index (κ1) is 14.1. The first-order valence-electron chi connectivity index (χ1n) is 6.96. The molecule has 1 saturated heterocycles. The van der Waals surface area contributed by atoms with Crippen LogP contribution in [0.15, 0.2) is 24.3 Å². The lowest BCUT2D eigenvalue weighted by molar-refractivity contribution is -0.151. The molecule has 3 nitrogen and oxygen atoms in total. The van der Waals surface area contributed by atoms with E-state index in [9.17, 15) is 9.90 Å². The second-order valence-electron chi connectivity index (χ2n) is 6.03. The van der Waals surface area contributed by atoms with Gasteiger partial charge in [-0.1, -0.05) is 29.8 Å². The fourth-order valence-corrected chi connectivity index (χ4v) is 2.84. The molecule has 1 heterocycles. The molecule has 0 amide bonds. The van der Waals surface area contributed by atoms with Crippen molar-refractivity contribution >= 4 is 5.97 Å². The Morgan fingerprint density at radius 2 is 2.00 bits per heavy atom. The third-order valence-corrected chi connectivity index (χ3v) is 4.35. The number of rotatable bonds is 3. The van der Waals surface area contributed by atoms with E-state index in [4.69, 9.17) is 0 Å². The van der Waals surface area contributed by atoms with E-state index in [1.807, 2.05) is 6.92 Å². The highest BCUT2D eigenvalue weighted by atomic mass is 16.4. The summed E-state index contributed by atoms with van der Waals surface area (Å²) in [6, 6.07) is 8.80. The molecule has 3 heteroatoms. The molecule has 2 atom stereocenters. The lowest BCUT2D eigenvalue weighted by atomic mass is 9.81. The Balaban J connectivity index is 2.13. The molecule has 1 fully saturated rings. The van der Waals surface area contributed by atoms with Crippen molar-refractivity contribution in [1.82, 2.24) is 4.90 Å². The Labute approximate surface area is 115 Å². The zero-order valence-electron chi connectivity index (χ0n) is 12.0. The number of hydrogen-bond acceptors (Lipinski definition) is 2. The fourth-order valence-electron chi connectivity index (χ4n) is 2.84. The molecule has 1 aliphatic heterocycles. The number of aryl methyl sites for hydroxylation is 1. The van der Waals surface area contributed by atoms with Crippen LogP contribution in [0.2, 0.25) is 0 Å². The van der Waals surface area contributed by atoms with Gasteiger partial charge in [0.2, 0.25) is 0 Å². The van der Waals surface area contributed by atoms with Crippen molar-refractivity contribution in [1.29, 1.82) is 0 Å². The highest BCUT2D eigenvalue weighted by Gasteiger charge is 2.39. The van der Waals surface area contributed by atoms with Crippen LogP contribution in [-0.2, 0) is 4.79 Å². The lowest BCUT2D eigenvalue weighted by Crippen LogP contribution is -2.46. The van der Waals surface area contributed by atoms with Gasteiger partial charge in [-0.2, -0.15) is 0 Å². The molecular weight excluding hydrogens is 238 g/mol. The van der Waals surface area contributed by atoms with Crippen molar-refractivity contribution in [2.75, 3.05) is 13.1 Å². The first-order chi connectivity index (χ1) is 8.92. The van der Waals surface area contributed by atoms with Crippen molar-refractivity contribution < 1.29 is 9.90 Å². The first-order valence-corrected chi connectivity index (χ1v) is 6.96. The number of aliphatic carboxylic acids is 1. The van der Waals surface area contributed by atoms with Crippen LogP contribution in [0.25, 0.3) is 0 Å². The normalized spacial score (nSPS) is 26.1. The van der Waals surface area contributed by atoms with Crippen molar-refractivity contribution in [3.63, 3.8) is 0 Å². The standard InChI is InChI=1S/C16H23NO2/c1-12-5-7-14(8-6-12)13(2)17-10-4-9-16(3,11-17)15(18)19/h5-8,13H,4,9-11H2,1-3H3,(H,18,19). The molecule has 19 heavy (non-hydrogen) atoms. The Morgan fingerprint density at radius 3 is 2.58 bits per heavy atom. The van der Waals surface area contributed by atoms with Gasteiger partial charge in [0.15, 0.2) is 0 Å². The van der Waals surface area contributed by atoms with Crippen molar-refractivity contribution in [2.45, 2.75) is 39.7 Å². The summed E-state index contributed by atoms with van der Waals surface area (Å²) in [7, 11) is 0. The van der Waals surface area contributed by atoms with Crippen LogP contribution >= 0.6 is 0 Å². The molecule has 0 aliphatic carbocycles. The predicted molar refractivity (Wildman–Crippen MR) is 76.1 cm³/mol. The molecule has 1 N–H and O–H groups in total.